The van der Waals surface area contributed by atoms with Gasteiger partial charge in [0.1, 0.15) is 18.0 Å². The van der Waals surface area contributed by atoms with Crippen LogP contribution in [0.5, 0.6) is 0 Å². The second-order valence-corrected chi connectivity index (χ2v) is 5.19. The lowest BCUT2D eigenvalue weighted by Gasteiger charge is -2.23. The lowest BCUT2D eigenvalue weighted by molar-refractivity contribution is -0.127. The predicted octanol–water partition coefficient (Wildman–Crippen LogP) is 1.28. The summed E-state index contributed by atoms with van der Waals surface area (Å²) >= 11 is 0. The smallest absolute Gasteiger partial charge is 0.241 e. The standard InChI is InChI=1S/C14H23N5O/c1-4-6-15-13-11(2)14(17-10-16-13)19-8-5-7-18(3)12(20)9-19/h10H,4-9H2,1-3H3,(H,15,16,17). The van der Waals surface area contributed by atoms with Crippen molar-refractivity contribution >= 4 is 17.5 Å². The van der Waals surface area contributed by atoms with Gasteiger partial charge >= 0.3 is 0 Å². The normalized spacial score (nSPS) is 16.2. The van der Waals surface area contributed by atoms with Crippen LogP contribution >= 0.6 is 0 Å². The molecule has 6 heteroatoms. The van der Waals surface area contributed by atoms with Crippen LogP contribution in [0.4, 0.5) is 11.6 Å². The Morgan fingerprint density at radius 3 is 2.90 bits per heavy atom. The molecule has 0 atom stereocenters. The highest BCUT2D eigenvalue weighted by atomic mass is 16.2. The maximum absolute atomic E-state index is 12.0. The Kier molecular flexibility index (Phi) is 4.76. The third kappa shape index (κ3) is 3.18. The van der Waals surface area contributed by atoms with Crippen LogP contribution < -0.4 is 10.2 Å². The van der Waals surface area contributed by atoms with Crippen molar-refractivity contribution in [2.24, 2.45) is 0 Å². The number of rotatable bonds is 4. The van der Waals surface area contributed by atoms with Crippen LogP contribution in [0, 0.1) is 6.92 Å². The highest BCUT2D eigenvalue weighted by molar-refractivity contribution is 5.81. The van der Waals surface area contributed by atoms with Crippen molar-refractivity contribution in [3.63, 3.8) is 0 Å². The van der Waals surface area contributed by atoms with Gasteiger partial charge in [0.05, 0.1) is 6.54 Å². The Bertz CT molecular complexity index is 477. The lowest BCUT2D eigenvalue weighted by Crippen LogP contribution is -2.35. The molecular formula is C14H23N5O. The second-order valence-electron chi connectivity index (χ2n) is 5.19. The molecule has 6 nitrogen and oxygen atoms in total. The molecule has 1 saturated heterocycles. The molecule has 1 fully saturated rings. The summed E-state index contributed by atoms with van der Waals surface area (Å²) in [6, 6.07) is 0. The first kappa shape index (κ1) is 14.6. The Labute approximate surface area is 120 Å². The molecule has 2 heterocycles. The fourth-order valence-electron chi connectivity index (χ4n) is 2.35. The van der Waals surface area contributed by atoms with E-state index < -0.39 is 0 Å². The zero-order valence-corrected chi connectivity index (χ0v) is 12.5. The van der Waals surface area contributed by atoms with Crippen LogP contribution in [-0.4, -0.2) is 54.0 Å². The number of nitrogens with zero attached hydrogens (tertiary/aromatic N) is 4. The van der Waals surface area contributed by atoms with Crippen molar-refractivity contribution in [3.8, 4) is 0 Å². The summed E-state index contributed by atoms with van der Waals surface area (Å²) in [7, 11) is 1.85. The number of hydrogen-bond acceptors (Lipinski definition) is 5. The third-order valence-electron chi connectivity index (χ3n) is 3.57. The molecule has 0 bridgehead atoms. The average Bonchev–Trinajstić information content (AvgIpc) is 2.60. The molecule has 20 heavy (non-hydrogen) atoms. The molecule has 1 amide bonds. The van der Waals surface area contributed by atoms with Crippen LogP contribution in [0.25, 0.3) is 0 Å². The van der Waals surface area contributed by atoms with E-state index in [1.165, 1.54) is 0 Å². The topological polar surface area (TPSA) is 61.4 Å². The van der Waals surface area contributed by atoms with Gasteiger partial charge in [0.25, 0.3) is 0 Å². The van der Waals surface area contributed by atoms with Crippen LogP contribution in [0.15, 0.2) is 6.33 Å². The molecule has 1 aliphatic rings. The molecule has 1 aromatic heterocycles. The van der Waals surface area contributed by atoms with E-state index in [1.807, 2.05) is 14.0 Å². The molecular weight excluding hydrogens is 254 g/mol. The number of nitrogens with one attached hydrogen (secondary N) is 1. The van der Waals surface area contributed by atoms with Crippen molar-refractivity contribution in [2.75, 3.05) is 43.4 Å². The summed E-state index contributed by atoms with van der Waals surface area (Å²) in [4.78, 5) is 24.5. The van der Waals surface area contributed by atoms with Gasteiger partial charge in [-0.2, -0.15) is 0 Å². The van der Waals surface area contributed by atoms with Crippen molar-refractivity contribution in [2.45, 2.75) is 26.7 Å². The fraction of sp³-hybridized carbons (Fsp3) is 0.643. The predicted molar refractivity (Wildman–Crippen MR) is 80.0 cm³/mol. The van der Waals surface area contributed by atoms with Crippen molar-refractivity contribution < 1.29 is 4.79 Å². The molecule has 2 rings (SSSR count). The van der Waals surface area contributed by atoms with E-state index in [1.54, 1.807) is 11.2 Å². The molecule has 0 spiro atoms. The highest BCUT2D eigenvalue weighted by Gasteiger charge is 2.22. The summed E-state index contributed by atoms with van der Waals surface area (Å²) in [6.45, 7) is 7.06. The molecule has 0 aromatic carbocycles. The number of carbonyl (C=O) groups is 1. The SMILES string of the molecule is CCCNc1ncnc(N2CCCN(C)C(=O)C2)c1C. The minimum Gasteiger partial charge on any atom is -0.370 e. The summed E-state index contributed by atoms with van der Waals surface area (Å²) < 4.78 is 0. The molecule has 0 saturated carbocycles. The maximum Gasteiger partial charge on any atom is 0.241 e. The Balaban J connectivity index is 2.21. The van der Waals surface area contributed by atoms with E-state index in [2.05, 4.69) is 27.1 Å². The van der Waals surface area contributed by atoms with Gasteiger partial charge in [0, 0.05) is 32.2 Å². The van der Waals surface area contributed by atoms with Crippen LogP contribution in [-0.2, 0) is 4.79 Å². The van der Waals surface area contributed by atoms with Crippen molar-refractivity contribution in [3.05, 3.63) is 11.9 Å². The molecule has 1 aliphatic heterocycles. The van der Waals surface area contributed by atoms with Gasteiger partial charge in [0.2, 0.25) is 5.91 Å². The summed E-state index contributed by atoms with van der Waals surface area (Å²) in [5.41, 5.74) is 1.01. The van der Waals surface area contributed by atoms with Gasteiger partial charge in [0.15, 0.2) is 0 Å². The number of hydrogen-bond donors (Lipinski definition) is 1. The summed E-state index contributed by atoms with van der Waals surface area (Å²) in [6.07, 6.45) is 3.58. The summed E-state index contributed by atoms with van der Waals surface area (Å²) in [5.74, 6) is 1.87. The van der Waals surface area contributed by atoms with E-state index in [9.17, 15) is 4.79 Å². The van der Waals surface area contributed by atoms with Gasteiger partial charge in [-0.25, -0.2) is 9.97 Å². The first-order valence-electron chi connectivity index (χ1n) is 7.18. The lowest BCUT2D eigenvalue weighted by atomic mass is 10.2. The minimum atomic E-state index is 0.142. The Morgan fingerprint density at radius 1 is 1.35 bits per heavy atom. The third-order valence-corrected chi connectivity index (χ3v) is 3.57. The zero-order chi connectivity index (χ0) is 14.5. The van der Waals surface area contributed by atoms with Crippen molar-refractivity contribution in [1.82, 2.24) is 14.9 Å². The Hall–Kier alpha value is -1.85. The maximum atomic E-state index is 12.0. The van der Waals surface area contributed by atoms with Crippen LogP contribution in [0.2, 0.25) is 0 Å². The molecule has 1 aromatic rings. The van der Waals surface area contributed by atoms with E-state index >= 15 is 0 Å². The van der Waals surface area contributed by atoms with Crippen LogP contribution in [0.1, 0.15) is 25.3 Å². The first-order chi connectivity index (χ1) is 9.63. The molecule has 0 aliphatic carbocycles. The summed E-state index contributed by atoms with van der Waals surface area (Å²) in [5, 5.41) is 3.30. The highest BCUT2D eigenvalue weighted by Crippen LogP contribution is 2.23. The molecule has 110 valence electrons. The number of anilines is 2. The van der Waals surface area contributed by atoms with Gasteiger partial charge in [-0.1, -0.05) is 6.92 Å². The van der Waals surface area contributed by atoms with Gasteiger partial charge in [-0.15, -0.1) is 0 Å². The molecule has 1 N–H and O–H groups in total. The molecule has 0 radical (unpaired) electrons. The quantitative estimate of drug-likeness (QED) is 0.898. The number of amides is 1. The van der Waals surface area contributed by atoms with E-state index in [0.29, 0.717) is 6.54 Å². The minimum absolute atomic E-state index is 0.142. The van der Waals surface area contributed by atoms with Gasteiger partial charge < -0.3 is 15.1 Å². The van der Waals surface area contributed by atoms with E-state index in [4.69, 9.17) is 0 Å². The zero-order valence-electron chi connectivity index (χ0n) is 12.5. The number of likely N-dealkylation sites (N-methyl/N-ethyl adjacent to an activating group) is 1. The number of aromatic nitrogens is 2. The Morgan fingerprint density at radius 2 is 2.15 bits per heavy atom. The fourth-order valence-corrected chi connectivity index (χ4v) is 2.35. The average molecular weight is 277 g/mol. The van der Waals surface area contributed by atoms with E-state index in [-0.39, 0.29) is 5.91 Å². The van der Waals surface area contributed by atoms with Crippen molar-refractivity contribution in [1.29, 1.82) is 0 Å². The monoisotopic (exact) mass is 277 g/mol. The largest absolute Gasteiger partial charge is 0.370 e. The van der Waals surface area contributed by atoms with E-state index in [0.717, 1.165) is 49.7 Å². The number of carbonyl (C=O) groups excluding carboxylic acids is 1. The first-order valence-corrected chi connectivity index (χ1v) is 7.18. The van der Waals surface area contributed by atoms with Gasteiger partial charge in [-0.3, -0.25) is 4.79 Å². The second kappa shape index (κ2) is 6.54. The molecule has 0 unspecified atom stereocenters. The van der Waals surface area contributed by atoms with Crippen LogP contribution in [0.3, 0.4) is 0 Å². The van der Waals surface area contributed by atoms with Gasteiger partial charge in [-0.05, 0) is 19.8 Å².